The van der Waals surface area contributed by atoms with E-state index >= 15 is 0 Å². The summed E-state index contributed by atoms with van der Waals surface area (Å²) in [5, 5.41) is 4.56. The third-order valence-corrected chi connectivity index (χ3v) is 4.60. The largest absolute Gasteiger partial charge is 0.313 e. The zero-order valence-corrected chi connectivity index (χ0v) is 8.70. The van der Waals surface area contributed by atoms with Gasteiger partial charge in [0.2, 0.25) is 0 Å². The molecule has 1 N–H and O–H groups in total. The van der Waals surface area contributed by atoms with Gasteiger partial charge in [0.25, 0.3) is 0 Å². The maximum absolute atomic E-state index is 3.71. The van der Waals surface area contributed by atoms with Crippen molar-refractivity contribution >= 4 is 11.8 Å². The molecule has 12 heavy (non-hydrogen) atoms. The fraction of sp³-hybridized carbons (Fsp3) is 1.00. The first-order chi connectivity index (χ1) is 5.86. The summed E-state index contributed by atoms with van der Waals surface area (Å²) in [4.78, 5) is 0. The van der Waals surface area contributed by atoms with Crippen molar-refractivity contribution in [1.29, 1.82) is 0 Å². The molecule has 2 heteroatoms. The third-order valence-electron chi connectivity index (χ3n) is 3.27. The molecule has 0 radical (unpaired) electrons. The minimum absolute atomic E-state index is 0.815. The van der Waals surface area contributed by atoms with Gasteiger partial charge in [0.05, 0.1) is 0 Å². The van der Waals surface area contributed by atoms with Crippen LogP contribution in [0.3, 0.4) is 0 Å². The maximum Gasteiger partial charge on any atom is 0.0191 e. The summed E-state index contributed by atoms with van der Waals surface area (Å²) in [6.45, 7) is 3.64. The highest BCUT2D eigenvalue weighted by Gasteiger charge is 2.25. The van der Waals surface area contributed by atoms with Crippen LogP contribution in [0.1, 0.15) is 32.6 Å². The van der Waals surface area contributed by atoms with E-state index in [1.54, 1.807) is 0 Å². The van der Waals surface area contributed by atoms with Crippen molar-refractivity contribution in [3.8, 4) is 0 Å². The Morgan fingerprint density at radius 2 is 2.17 bits per heavy atom. The van der Waals surface area contributed by atoms with Crippen molar-refractivity contribution in [3.05, 3.63) is 0 Å². The van der Waals surface area contributed by atoms with Gasteiger partial charge in [0, 0.05) is 11.3 Å². The highest BCUT2D eigenvalue weighted by Crippen LogP contribution is 2.28. The van der Waals surface area contributed by atoms with Crippen LogP contribution < -0.4 is 5.32 Å². The molecule has 0 amide bonds. The molecule has 2 rings (SSSR count). The van der Waals surface area contributed by atoms with Crippen LogP contribution in [0.5, 0.6) is 0 Å². The van der Waals surface area contributed by atoms with Gasteiger partial charge >= 0.3 is 0 Å². The van der Waals surface area contributed by atoms with Crippen LogP contribution in [0.25, 0.3) is 0 Å². The number of rotatable bonds is 3. The quantitative estimate of drug-likeness (QED) is 0.724. The molecular formula is C10H19NS. The lowest BCUT2D eigenvalue weighted by Crippen LogP contribution is -2.38. The van der Waals surface area contributed by atoms with Gasteiger partial charge < -0.3 is 5.32 Å². The smallest absolute Gasteiger partial charge is 0.0191 e. The zero-order valence-electron chi connectivity index (χ0n) is 7.88. The Morgan fingerprint density at radius 1 is 1.33 bits per heavy atom. The Bertz CT molecular complexity index is 145. The second-order valence-corrected chi connectivity index (χ2v) is 5.66. The summed E-state index contributed by atoms with van der Waals surface area (Å²) in [5.41, 5.74) is 0. The number of nitrogens with one attached hydrogen (secondary N) is 1. The Hall–Kier alpha value is 0.310. The molecule has 1 saturated heterocycles. The Balaban J connectivity index is 1.64. The van der Waals surface area contributed by atoms with Crippen molar-refractivity contribution in [3.63, 3.8) is 0 Å². The van der Waals surface area contributed by atoms with Gasteiger partial charge in [0.15, 0.2) is 0 Å². The molecule has 1 saturated carbocycles. The summed E-state index contributed by atoms with van der Waals surface area (Å²) in [7, 11) is 0. The lowest BCUT2D eigenvalue weighted by atomic mass is 9.85. The summed E-state index contributed by atoms with van der Waals surface area (Å²) in [5.74, 6) is 2.38. The molecule has 2 atom stereocenters. The molecule has 0 aromatic heterocycles. The molecule has 1 aliphatic heterocycles. The van der Waals surface area contributed by atoms with Gasteiger partial charge in [-0.2, -0.15) is 11.8 Å². The lowest BCUT2D eigenvalue weighted by molar-refractivity contribution is 0.288. The first-order valence-corrected chi connectivity index (χ1v) is 6.26. The Kier molecular flexibility index (Phi) is 2.97. The molecule has 2 fully saturated rings. The standard InChI is InChI=1S/C10H19NS/c1-8-10(5-6-12-8)11-7-9-3-2-4-9/h8-11H,2-7H2,1H3. The van der Waals surface area contributed by atoms with E-state index in [1.807, 2.05) is 0 Å². The third kappa shape index (κ3) is 1.97. The molecule has 1 aliphatic carbocycles. The summed E-state index contributed by atoms with van der Waals surface area (Å²) >= 11 is 2.12. The molecule has 0 bridgehead atoms. The molecule has 0 aromatic rings. The van der Waals surface area contributed by atoms with Gasteiger partial charge in [-0.15, -0.1) is 0 Å². The van der Waals surface area contributed by atoms with Crippen LogP contribution in [-0.2, 0) is 0 Å². The number of hydrogen-bond donors (Lipinski definition) is 1. The second kappa shape index (κ2) is 4.01. The summed E-state index contributed by atoms with van der Waals surface area (Å²) in [6.07, 6.45) is 5.81. The molecule has 1 nitrogen and oxygen atoms in total. The summed E-state index contributed by atoms with van der Waals surface area (Å²) < 4.78 is 0. The van der Waals surface area contributed by atoms with Crippen molar-refractivity contribution in [1.82, 2.24) is 5.32 Å². The predicted molar refractivity (Wildman–Crippen MR) is 55.7 cm³/mol. The lowest BCUT2D eigenvalue weighted by Gasteiger charge is -2.28. The SMILES string of the molecule is CC1SCCC1NCC1CCC1. The molecular weight excluding hydrogens is 166 g/mol. The van der Waals surface area contributed by atoms with Gasteiger partial charge in [-0.1, -0.05) is 13.3 Å². The molecule has 70 valence electrons. The van der Waals surface area contributed by atoms with E-state index in [-0.39, 0.29) is 0 Å². The summed E-state index contributed by atoms with van der Waals surface area (Å²) in [6, 6.07) is 0.815. The van der Waals surface area contributed by atoms with Crippen molar-refractivity contribution in [2.45, 2.75) is 43.9 Å². The van der Waals surface area contributed by atoms with E-state index in [0.29, 0.717) is 0 Å². The van der Waals surface area contributed by atoms with Crippen LogP contribution in [0.4, 0.5) is 0 Å². The highest BCUT2D eigenvalue weighted by atomic mass is 32.2. The van der Waals surface area contributed by atoms with E-state index < -0.39 is 0 Å². The highest BCUT2D eigenvalue weighted by molar-refractivity contribution is 8.00. The van der Waals surface area contributed by atoms with E-state index in [9.17, 15) is 0 Å². The van der Waals surface area contributed by atoms with E-state index in [2.05, 4.69) is 24.0 Å². The second-order valence-electron chi connectivity index (χ2n) is 4.18. The van der Waals surface area contributed by atoms with Crippen LogP contribution in [0.2, 0.25) is 0 Å². The fourth-order valence-corrected chi connectivity index (χ4v) is 3.24. The molecule has 2 unspecified atom stereocenters. The normalized spacial score (nSPS) is 36.8. The van der Waals surface area contributed by atoms with Crippen LogP contribution in [0.15, 0.2) is 0 Å². The van der Waals surface area contributed by atoms with Gasteiger partial charge in [0.1, 0.15) is 0 Å². The van der Waals surface area contributed by atoms with Crippen LogP contribution in [-0.4, -0.2) is 23.6 Å². The maximum atomic E-state index is 3.71. The fourth-order valence-electron chi connectivity index (χ4n) is 2.01. The molecule has 0 aromatic carbocycles. The average Bonchev–Trinajstić information content (AvgIpc) is 2.33. The van der Waals surface area contributed by atoms with E-state index in [0.717, 1.165) is 17.2 Å². The Morgan fingerprint density at radius 3 is 2.67 bits per heavy atom. The van der Waals surface area contributed by atoms with Crippen LogP contribution >= 0.6 is 11.8 Å². The number of hydrogen-bond acceptors (Lipinski definition) is 2. The van der Waals surface area contributed by atoms with Crippen LogP contribution in [0, 0.1) is 5.92 Å². The number of thioether (sulfide) groups is 1. The van der Waals surface area contributed by atoms with Crippen molar-refractivity contribution in [2.24, 2.45) is 5.92 Å². The average molecular weight is 185 g/mol. The van der Waals surface area contributed by atoms with Gasteiger partial charge in [-0.25, -0.2) is 0 Å². The first-order valence-electron chi connectivity index (χ1n) is 5.21. The monoisotopic (exact) mass is 185 g/mol. The van der Waals surface area contributed by atoms with E-state index in [1.165, 1.54) is 38.0 Å². The topological polar surface area (TPSA) is 12.0 Å². The predicted octanol–water partition coefficient (Wildman–Crippen LogP) is 2.27. The first kappa shape index (κ1) is 8.89. The minimum atomic E-state index is 0.815. The Labute approximate surface area is 79.7 Å². The van der Waals surface area contributed by atoms with E-state index in [4.69, 9.17) is 0 Å². The molecule has 0 spiro atoms. The van der Waals surface area contributed by atoms with Crippen molar-refractivity contribution < 1.29 is 0 Å². The van der Waals surface area contributed by atoms with Gasteiger partial charge in [-0.05, 0) is 37.5 Å². The molecule has 1 heterocycles. The van der Waals surface area contributed by atoms with Gasteiger partial charge in [-0.3, -0.25) is 0 Å². The zero-order chi connectivity index (χ0) is 8.39. The van der Waals surface area contributed by atoms with Crippen molar-refractivity contribution in [2.75, 3.05) is 12.3 Å². The minimum Gasteiger partial charge on any atom is -0.313 e. The molecule has 2 aliphatic rings.